The second-order valence-electron chi connectivity index (χ2n) is 4.93. The number of rotatable bonds is 5. The highest BCUT2D eigenvalue weighted by molar-refractivity contribution is 5.19. The maximum atomic E-state index is 3.61. The third-order valence-electron chi connectivity index (χ3n) is 3.14. The van der Waals surface area contributed by atoms with E-state index in [0.717, 1.165) is 13.0 Å². The van der Waals surface area contributed by atoms with E-state index < -0.39 is 0 Å². The number of hydrogen-bond donors (Lipinski definition) is 1. The zero-order valence-electron chi connectivity index (χ0n) is 10.4. The molecule has 0 heterocycles. The van der Waals surface area contributed by atoms with E-state index in [4.69, 9.17) is 0 Å². The summed E-state index contributed by atoms with van der Waals surface area (Å²) in [7, 11) is 0. The first kappa shape index (κ1) is 12.3. The van der Waals surface area contributed by atoms with Crippen LogP contribution in [0.3, 0.4) is 0 Å². The molecule has 0 aromatic heterocycles. The Hall–Kier alpha value is -0.820. The van der Waals surface area contributed by atoms with Crippen molar-refractivity contribution in [1.82, 2.24) is 5.32 Å². The summed E-state index contributed by atoms with van der Waals surface area (Å²) in [5.41, 5.74) is 1.67. The molecule has 0 saturated heterocycles. The Morgan fingerprint density at radius 3 is 2.33 bits per heavy atom. The van der Waals surface area contributed by atoms with Crippen molar-refractivity contribution < 1.29 is 0 Å². The van der Waals surface area contributed by atoms with Crippen molar-refractivity contribution in [1.29, 1.82) is 0 Å². The predicted molar refractivity (Wildman–Crippen MR) is 67.2 cm³/mol. The molecule has 0 saturated carbocycles. The van der Waals surface area contributed by atoms with E-state index >= 15 is 0 Å². The standard InChI is InChI=1S/C14H23N/c1-5-14(3,4)15-11-12(2)13-9-7-6-8-10-13/h6-10,12,15H,5,11H2,1-4H3/t12-/m1/s1. The van der Waals surface area contributed by atoms with Gasteiger partial charge in [-0.05, 0) is 31.7 Å². The Morgan fingerprint density at radius 2 is 1.80 bits per heavy atom. The Morgan fingerprint density at radius 1 is 1.20 bits per heavy atom. The van der Waals surface area contributed by atoms with Gasteiger partial charge in [-0.15, -0.1) is 0 Å². The van der Waals surface area contributed by atoms with Crippen LogP contribution in [0.25, 0.3) is 0 Å². The topological polar surface area (TPSA) is 12.0 Å². The fourth-order valence-electron chi connectivity index (χ4n) is 1.45. The summed E-state index contributed by atoms with van der Waals surface area (Å²) in [5, 5.41) is 3.61. The van der Waals surface area contributed by atoms with Gasteiger partial charge in [0.25, 0.3) is 0 Å². The van der Waals surface area contributed by atoms with E-state index in [-0.39, 0.29) is 5.54 Å². The van der Waals surface area contributed by atoms with E-state index in [9.17, 15) is 0 Å². The van der Waals surface area contributed by atoms with Crippen molar-refractivity contribution in [2.75, 3.05) is 6.54 Å². The van der Waals surface area contributed by atoms with Crippen molar-refractivity contribution in [3.8, 4) is 0 Å². The maximum absolute atomic E-state index is 3.61. The summed E-state index contributed by atoms with van der Waals surface area (Å²) in [6, 6.07) is 10.7. The Labute approximate surface area is 93.9 Å². The number of nitrogens with one attached hydrogen (secondary N) is 1. The highest BCUT2D eigenvalue weighted by atomic mass is 14.9. The third-order valence-corrected chi connectivity index (χ3v) is 3.14. The molecule has 1 atom stereocenters. The first-order valence-corrected chi connectivity index (χ1v) is 5.85. The fraction of sp³-hybridized carbons (Fsp3) is 0.571. The van der Waals surface area contributed by atoms with E-state index in [1.807, 2.05) is 0 Å². The van der Waals surface area contributed by atoms with Crippen LogP contribution in [0.1, 0.15) is 45.6 Å². The van der Waals surface area contributed by atoms with Crippen molar-refractivity contribution in [2.45, 2.75) is 45.6 Å². The Kier molecular flexibility index (Phi) is 4.34. The molecule has 84 valence electrons. The Bertz CT molecular complexity index is 277. The molecule has 0 amide bonds. The zero-order valence-corrected chi connectivity index (χ0v) is 10.4. The van der Waals surface area contributed by atoms with Crippen LogP contribution in [0.2, 0.25) is 0 Å². The van der Waals surface area contributed by atoms with Crippen LogP contribution in [0.5, 0.6) is 0 Å². The lowest BCUT2D eigenvalue weighted by molar-refractivity contribution is 0.367. The van der Waals surface area contributed by atoms with Crippen molar-refractivity contribution in [3.63, 3.8) is 0 Å². The molecule has 0 aliphatic carbocycles. The average Bonchev–Trinajstić information content (AvgIpc) is 2.27. The van der Waals surface area contributed by atoms with E-state index in [2.05, 4.69) is 63.3 Å². The highest BCUT2D eigenvalue weighted by Crippen LogP contribution is 2.15. The second-order valence-corrected chi connectivity index (χ2v) is 4.93. The molecular formula is C14H23N. The number of hydrogen-bond acceptors (Lipinski definition) is 1. The lowest BCUT2D eigenvalue weighted by Crippen LogP contribution is -2.40. The SMILES string of the molecule is CCC(C)(C)NC[C@@H](C)c1ccccc1. The molecule has 1 aromatic rings. The molecule has 0 bridgehead atoms. The zero-order chi connectivity index (χ0) is 11.3. The summed E-state index contributed by atoms with van der Waals surface area (Å²) in [6.45, 7) is 10.1. The van der Waals surface area contributed by atoms with Crippen LogP contribution in [-0.2, 0) is 0 Å². The second kappa shape index (κ2) is 5.32. The molecular weight excluding hydrogens is 182 g/mol. The third kappa shape index (κ3) is 4.05. The summed E-state index contributed by atoms with van der Waals surface area (Å²) in [6.07, 6.45) is 1.16. The van der Waals surface area contributed by atoms with Gasteiger partial charge in [0.1, 0.15) is 0 Å². The summed E-state index contributed by atoms with van der Waals surface area (Å²) < 4.78 is 0. The van der Waals surface area contributed by atoms with E-state index in [1.165, 1.54) is 5.56 Å². The van der Waals surface area contributed by atoms with Crippen LogP contribution in [0, 0.1) is 0 Å². The molecule has 1 aromatic carbocycles. The molecule has 1 heteroatoms. The lowest BCUT2D eigenvalue weighted by Gasteiger charge is -2.26. The van der Waals surface area contributed by atoms with Gasteiger partial charge in [-0.3, -0.25) is 0 Å². The van der Waals surface area contributed by atoms with Crippen LogP contribution in [0.4, 0.5) is 0 Å². The molecule has 15 heavy (non-hydrogen) atoms. The van der Waals surface area contributed by atoms with E-state index in [0.29, 0.717) is 5.92 Å². The maximum Gasteiger partial charge on any atom is 0.0122 e. The molecule has 0 unspecified atom stereocenters. The van der Waals surface area contributed by atoms with Crippen LogP contribution in [-0.4, -0.2) is 12.1 Å². The largest absolute Gasteiger partial charge is 0.311 e. The highest BCUT2D eigenvalue weighted by Gasteiger charge is 2.15. The monoisotopic (exact) mass is 205 g/mol. The van der Waals surface area contributed by atoms with Gasteiger partial charge in [0.05, 0.1) is 0 Å². The number of benzene rings is 1. The molecule has 0 radical (unpaired) electrons. The van der Waals surface area contributed by atoms with Gasteiger partial charge in [0, 0.05) is 12.1 Å². The van der Waals surface area contributed by atoms with Gasteiger partial charge >= 0.3 is 0 Å². The molecule has 1 rings (SSSR count). The average molecular weight is 205 g/mol. The van der Waals surface area contributed by atoms with Crippen molar-refractivity contribution >= 4 is 0 Å². The van der Waals surface area contributed by atoms with Crippen LogP contribution in [0.15, 0.2) is 30.3 Å². The molecule has 1 N–H and O–H groups in total. The summed E-state index contributed by atoms with van der Waals surface area (Å²) in [4.78, 5) is 0. The first-order valence-electron chi connectivity index (χ1n) is 5.85. The summed E-state index contributed by atoms with van der Waals surface area (Å²) in [5.74, 6) is 0.581. The minimum absolute atomic E-state index is 0.253. The van der Waals surface area contributed by atoms with Gasteiger partial charge < -0.3 is 5.32 Å². The fourth-order valence-corrected chi connectivity index (χ4v) is 1.45. The van der Waals surface area contributed by atoms with E-state index in [1.54, 1.807) is 0 Å². The lowest BCUT2D eigenvalue weighted by atomic mass is 9.97. The van der Waals surface area contributed by atoms with Crippen LogP contribution >= 0.6 is 0 Å². The van der Waals surface area contributed by atoms with Gasteiger partial charge in [-0.25, -0.2) is 0 Å². The molecule has 0 aliphatic heterocycles. The quantitative estimate of drug-likeness (QED) is 0.775. The van der Waals surface area contributed by atoms with Crippen molar-refractivity contribution in [3.05, 3.63) is 35.9 Å². The van der Waals surface area contributed by atoms with Gasteiger partial charge in [0.2, 0.25) is 0 Å². The first-order chi connectivity index (χ1) is 7.05. The molecule has 1 nitrogen and oxygen atoms in total. The van der Waals surface area contributed by atoms with Crippen LogP contribution < -0.4 is 5.32 Å². The molecule has 0 spiro atoms. The summed E-state index contributed by atoms with van der Waals surface area (Å²) >= 11 is 0. The predicted octanol–water partition coefficient (Wildman–Crippen LogP) is 3.57. The van der Waals surface area contributed by atoms with Gasteiger partial charge in [0.15, 0.2) is 0 Å². The molecule has 0 aliphatic rings. The van der Waals surface area contributed by atoms with Gasteiger partial charge in [-0.2, -0.15) is 0 Å². The van der Waals surface area contributed by atoms with Gasteiger partial charge in [-0.1, -0.05) is 44.2 Å². The Balaban J connectivity index is 2.47. The molecule has 0 fully saturated rings. The smallest absolute Gasteiger partial charge is 0.0122 e. The minimum atomic E-state index is 0.253. The normalized spacial score (nSPS) is 13.9. The van der Waals surface area contributed by atoms with Crippen molar-refractivity contribution in [2.24, 2.45) is 0 Å². The minimum Gasteiger partial charge on any atom is -0.311 e.